The van der Waals surface area contributed by atoms with Crippen LogP contribution in [0.3, 0.4) is 0 Å². The predicted octanol–water partition coefficient (Wildman–Crippen LogP) is 6.13. The van der Waals surface area contributed by atoms with Crippen LogP contribution >= 0.6 is 37.5 Å². The summed E-state index contributed by atoms with van der Waals surface area (Å²) in [5.41, 5.74) is 0. The van der Waals surface area contributed by atoms with Crippen molar-refractivity contribution in [2.24, 2.45) is 0 Å². The summed E-state index contributed by atoms with van der Waals surface area (Å²) < 4.78 is 109. The number of thiol groups is 2. The van der Waals surface area contributed by atoms with Crippen molar-refractivity contribution in [3.8, 4) is 0 Å². The number of alkyl halides is 8. The fourth-order valence-electron chi connectivity index (χ4n) is 2.12. The SMILES string of the molecule is CC(C)n1c(S)c(S)n(CCC(F)(F)C(F)(F)C(F)(F)C(C)(F)F)c1=S. The lowest BCUT2D eigenvalue weighted by Gasteiger charge is -2.35. The third-order valence-corrected chi connectivity index (χ3v) is 5.17. The number of hydrogen-bond acceptors (Lipinski definition) is 3. The van der Waals surface area contributed by atoms with Gasteiger partial charge in [0.05, 0.1) is 0 Å². The van der Waals surface area contributed by atoms with E-state index in [0.29, 0.717) is 0 Å². The van der Waals surface area contributed by atoms with Crippen molar-refractivity contribution in [2.45, 2.75) is 73.5 Å². The minimum atomic E-state index is -6.28. The summed E-state index contributed by atoms with van der Waals surface area (Å²) in [4.78, 5) is 0. The van der Waals surface area contributed by atoms with Gasteiger partial charge in [-0.05, 0) is 26.1 Å². The molecule has 0 aliphatic carbocycles. The van der Waals surface area contributed by atoms with Crippen LogP contribution in [-0.4, -0.2) is 32.8 Å². The molecule has 1 rings (SSSR count). The lowest BCUT2D eigenvalue weighted by molar-refractivity contribution is -0.363. The van der Waals surface area contributed by atoms with Crippen molar-refractivity contribution in [2.75, 3.05) is 0 Å². The van der Waals surface area contributed by atoms with Gasteiger partial charge in [-0.3, -0.25) is 0 Å². The second kappa shape index (κ2) is 7.19. The maximum atomic E-state index is 13.8. The molecule has 1 aromatic heterocycles. The third kappa shape index (κ3) is 3.75. The molecule has 0 atom stereocenters. The molecule has 0 fully saturated rings. The summed E-state index contributed by atoms with van der Waals surface area (Å²) in [6, 6.07) is -0.271. The van der Waals surface area contributed by atoms with Crippen molar-refractivity contribution >= 4 is 37.5 Å². The van der Waals surface area contributed by atoms with Gasteiger partial charge in [-0.15, -0.1) is 25.3 Å². The van der Waals surface area contributed by atoms with E-state index in [-0.39, 0.29) is 20.9 Å². The molecule has 26 heavy (non-hydrogen) atoms. The highest BCUT2D eigenvalue weighted by Gasteiger charge is 2.78. The monoisotopic (exact) mass is 448 g/mol. The summed E-state index contributed by atoms with van der Waals surface area (Å²) in [6.07, 6.45) is -1.86. The Kier molecular flexibility index (Phi) is 6.53. The number of aromatic nitrogens is 2. The smallest absolute Gasteiger partial charge is 0.311 e. The zero-order chi connectivity index (χ0) is 20.9. The van der Waals surface area contributed by atoms with Crippen LogP contribution in [-0.2, 0) is 6.54 Å². The van der Waals surface area contributed by atoms with Crippen molar-refractivity contribution in [3.63, 3.8) is 0 Å². The molecule has 0 unspecified atom stereocenters. The van der Waals surface area contributed by atoms with Gasteiger partial charge in [0.15, 0.2) is 4.77 Å². The topological polar surface area (TPSA) is 9.86 Å². The third-order valence-electron chi connectivity index (χ3n) is 3.69. The number of halogens is 8. The predicted molar refractivity (Wildman–Crippen MR) is 88.2 cm³/mol. The van der Waals surface area contributed by atoms with Crippen LogP contribution in [0.25, 0.3) is 0 Å². The molecule has 0 N–H and O–H groups in total. The van der Waals surface area contributed by atoms with E-state index in [1.54, 1.807) is 13.8 Å². The van der Waals surface area contributed by atoms with Gasteiger partial charge in [0.2, 0.25) is 0 Å². The summed E-state index contributed by atoms with van der Waals surface area (Å²) in [5.74, 6) is -23.3. The quantitative estimate of drug-likeness (QED) is 0.290. The average Bonchev–Trinajstić information content (AvgIpc) is 2.65. The van der Waals surface area contributed by atoms with Gasteiger partial charge in [-0.2, -0.15) is 35.1 Å². The average molecular weight is 448 g/mol. The Morgan fingerprint density at radius 2 is 1.38 bits per heavy atom. The molecule has 0 saturated carbocycles. The number of rotatable bonds is 7. The first kappa shape index (κ1) is 23.6. The van der Waals surface area contributed by atoms with E-state index >= 15 is 0 Å². The Morgan fingerprint density at radius 1 is 0.923 bits per heavy atom. The van der Waals surface area contributed by atoms with Crippen LogP contribution in [0.5, 0.6) is 0 Å². The van der Waals surface area contributed by atoms with Crippen LogP contribution in [0.1, 0.15) is 33.2 Å². The van der Waals surface area contributed by atoms with Crippen molar-refractivity contribution in [1.29, 1.82) is 0 Å². The lowest BCUT2D eigenvalue weighted by Crippen LogP contribution is -2.61. The van der Waals surface area contributed by atoms with Crippen LogP contribution in [0.2, 0.25) is 0 Å². The maximum absolute atomic E-state index is 13.8. The first-order valence-electron chi connectivity index (χ1n) is 7.14. The molecule has 0 amide bonds. The van der Waals surface area contributed by atoms with Crippen LogP contribution in [0.15, 0.2) is 10.1 Å². The molecular formula is C13H16F8N2S3. The minimum Gasteiger partial charge on any atom is -0.311 e. The number of nitrogens with zero attached hydrogens (tertiary/aromatic N) is 2. The van der Waals surface area contributed by atoms with Crippen molar-refractivity contribution in [3.05, 3.63) is 4.77 Å². The van der Waals surface area contributed by atoms with E-state index in [4.69, 9.17) is 12.2 Å². The van der Waals surface area contributed by atoms with E-state index in [2.05, 4.69) is 25.3 Å². The van der Waals surface area contributed by atoms with Gasteiger partial charge >= 0.3 is 23.7 Å². The molecule has 0 radical (unpaired) electrons. The fraction of sp³-hybridized carbons (Fsp3) is 0.769. The van der Waals surface area contributed by atoms with Crippen LogP contribution < -0.4 is 0 Å². The van der Waals surface area contributed by atoms with E-state index in [1.165, 1.54) is 4.57 Å². The van der Waals surface area contributed by atoms with E-state index in [1.807, 2.05) is 0 Å². The van der Waals surface area contributed by atoms with E-state index < -0.39 is 43.6 Å². The minimum absolute atomic E-state index is 0.0428. The molecule has 1 aromatic rings. The highest BCUT2D eigenvalue weighted by atomic mass is 32.1. The number of imidazole rings is 1. The Labute approximate surface area is 160 Å². The second-order valence-corrected chi connectivity index (χ2v) is 7.25. The summed E-state index contributed by atoms with van der Waals surface area (Å²) in [5, 5.41) is 0.118. The second-order valence-electron chi connectivity index (χ2n) is 6.04. The van der Waals surface area contributed by atoms with Gasteiger partial charge in [0.25, 0.3) is 0 Å². The Morgan fingerprint density at radius 3 is 1.73 bits per heavy atom. The van der Waals surface area contributed by atoms with Crippen LogP contribution in [0.4, 0.5) is 35.1 Å². The van der Waals surface area contributed by atoms with Gasteiger partial charge in [-0.25, -0.2) is 0 Å². The van der Waals surface area contributed by atoms with Crippen LogP contribution in [0, 0.1) is 4.77 Å². The Hall–Kier alpha value is -0.430. The standard InChI is InChI=1S/C13H16F8N2S3/c1-6(2)23-8(25)7(24)22(9(23)26)5-4-11(16,17)13(20,21)12(18,19)10(3,14)15/h6,24-25H,4-5H2,1-3H3. The lowest BCUT2D eigenvalue weighted by atomic mass is 9.97. The molecule has 0 aromatic carbocycles. The first-order chi connectivity index (χ1) is 11.4. The molecule has 2 nitrogen and oxygen atoms in total. The normalized spacial score (nSPS) is 14.4. The maximum Gasteiger partial charge on any atom is 0.378 e. The van der Waals surface area contributed by atoms with E-state index in [9.17, 15) is 35.1 Å². The molecule has 0 bridgehead atoms. The Balaban J connectivity index is 3.21. The molecule has 152 valence electrons. The summed E-state index contributed by atoms with van der Waals surface area (Å²) in [7, 11) is 0. The van der Waals surface area contributed by atoms with Gasteiger partial charge in [-0.1, -0.05) is 0 Å². The largest absolute Gasteiger partial charge is 0.378 e. The van der Waals surface area contributed by atoms with Gasteiger partial charge < -0.3 is 9.13 Å². The zero-order valence-corrected chi connectivity index (χ0v) is 16.3. The highest BCUT2D eigenvalue weighted by Crippen LogP contribution is 2.53. The fourth-order valence-corrected chi connectivity index (χ4v) is 3.49. The first-order valence-corrected chi connectivity index (χ1v) is 8.44. The molecule has 1 heterocycles. The highest BCUT2D eigenvalue weighted by molar-refractivity contribution is 7.83. The van der Waals surface area contributed by atoms with Crippen molar-refractivity contribution in [1.82, 2.24) is 9.13 Å². The summed E-state index contributed by atoms with van der Waals surface area (Å²) >= 11 is 13.1. The number of hydrogen-bond donors (Lipinski definition) is 2. The zero-order valence-electron chi connectivity index (χ0n) is 13.7. The van der Waals surface area contributed by atoms with Gasteiger partial charge in [0, 0.05) is 25.9 Å². The summed E-state index contributed by atoms with van der Waals surface area (Å²) in [6.45, 7) is 1.87. The molecule has 0 spiro atoms. The van der Waals surface area contributed by atoms with Crippen molar-refractivity contribution < 1.29 is 35.1 Å². The molecule has 0 aliphatic rings. The molecular weight excluding hydrogens is 432 g/mol. The molecule has 0 aliphatic heterocycles. The molecule has 13 heteroatoms. The Bertz CT molecular complexity index is 718. The molecule has 0 saturated heterocycles. The van der Waals surface area contributed by atoms with E-state index in [0.717, 1.165) is 4.57 Å². The van der Waals surface area contributed by atoms with Gasteiger partial charge in [0.1, 0.15) is 10.1 Å².